The van der Waals surface area contributed by atoms with Crippen LogP contribution >= 0.6 is 0 Å². The number of rotatable bonds is 3. The van der Waals surface area contributed by atoms with Gasteiger partial charge in [0, 0.05) is 10.8 Å². The normalized spacial score (nSPS) is 16.9. The Labute approximate surface area is 146 Å². The molecule has 0 aliphatic heterocycles. The van der Waals surface area contributed by atoms with E-state index in [9.17, 15) is 4.39 Å². The van der Waals surface area contributed by atoms with Crippen LogP contribution in [0, 0.1) is 0 Å². The molecule has 0 aromatic heterocycles. The van der Waals surface area contributed by atoms with Crippen molar-refractivity contribution in [2.24, 2.45) is 0 Å². The zero-order valence-corrected chi connectivity index (χ0v) is 16.0. The van der Waals surface area contributed by atoms with Gasteiger partial charge in [0.1, 0.15) is 6.17 Å². The van der Waals surface area contributed by atoms with Gasteiger partial charge >= 0.3 is 0 Å². The van der Waals surface area contributed by atoms with Crippen molar-refractivity contribution < 1.29 is 4.39 Å². The molecule has 0 amide bonds. The van der Waals surface area contributed by atoms with Gasteiger partial charge in [-0.05, 0) is 46.2 Å². The summed E-state index contributed by atoms with van der Waals surface area (Å²) in [5.41, 5.74) is 7.31. The topological polar surface area (TPSA) is 0 Å². The molecule has 0 saturated carbocycles. The van der Waals surface area contributed by atoms with E-state index in [4.69, 9.17) is 0 Å². The Morgan fingerprint density at radius 1 is 0.875 bits per heavy atom. The summed E-state index contributed by atoms with van der Waals surface area (Å²) < 4.78 is 14.1. The van der Waals surface area contributed by atoms with Crippen molar-refractivity contribution in [2.75, 3.05) is 0 Å². The second kappa shape index (κ2) is 5.44. The zero-order valence-electron chi connectivity index (χ0n) is 16.0. The van der Waals surface area contributed by atoms with Crippen LogP contribution in [0.15, 0.2) is 36.4 Å². The number of halogens is 1. The van der Waals surface area contributed by atoms with Crippen molar-refractivity contribution in [3.8, 4) is 11.1 Å². The SMILES string of the molecule is CC(C)c1ccc2c(c1)C(C)(C)c1cc(C(C)(C)C(C)F)ccc1-2. The van der Waals surface area contributed by atoms with E-state index in [0.717, 1.165) is 5.56 Å². The lowest BCUT2D eigenvalue weighted by molar-refractivity contribution is 0.237. The summed E-state index contributed by atoms with van der Waals surface area (Å²) in [5.74, 6) is 0.525. The molecule has 2 aromatic rings. The molecule has 2 aromatic carbocycles. The maximum absolute atomic E-state index is 14.1. The van der Waals surface area contributed by atoms with Crippen molar-refractivity contribution in [2.45, 2.75) is 71.4 Å². The molecule has 0 radical (unpaired) electrons. The minimum Gasteiger partial charge on any atom is -0.247 e. The highest BCUT2D eigenvalue weighted by atomic mass is 19.1. The highest BCUT2D eigenvalue weighted by Gasteiger charge is 2.37. The maximum atomic E-state index is 14.1. The van der Waals surface area contributed by atoms with Gasteiger partial charge in [0.2, 0.25) is 0 Å². The van der Waals surface area contributed by atoms with E-state index >= 15 is 0 Å². The van der Waals surface area contributed by atoms with Gasteiger partial charge in [0.25, 0.3) is 0 Å². The summed E-state index contributed by atoms with van der Waals surface area (Å²) in [5, 5.41) is 0. The fourth-order valence-corrected chi connectivity index (χ4v) is 3.74. The average molecular weight is 324 g/mol. The van der Waals surface area contributed by atoms with Crippen LogP contribution in [-0.2, 0) is 10.8 Å². The molecule has 0 fully saturated rings. The van der Waals surface area contributed by atoms with Crippen molar-refractivity contribution >= 4 is 0 Å². The number of hydrogen-bond donors (Lipinski definition) is 0. The molecular weight excluding hydrogens is 295 g/mol. The van der Waals surface area contributed by atoms with E-state index in [1.165, 1.54) is 27.8 Å². The molecule has 1 heteroatoms. The summed E-state index contributed by atoms with van der Waals surface area (Å²) in [6.07, 6.45) is -0.880. The number of fused-ring (bicyclic) bond motifs is 3. The predicted octanol–water partition coefficient (Wildman–Crippen LogP) is 6.75. The molecule has 0 spiro atoms. The fourth-order valence-electron chi connectivity index (χ4n) is 3.74. The molecule has 128 valence electrons. The lowest BCUT2D eigenvalue weighted by Gasteiger charge is -2.29. The van der Waals surface area contributed by atoms with Gasteiger partial charge in [0.15, 0.2) is 0 Å². The molecule has 3 rings (SSSR count). The summed E-state index contributed by atoms with van der Waals surface area (Å²) in [4.78, 5) is 0. The lowest BCUT2D eigenvalue weighted by Crippen LogP contribution is -2.28. The van der Waals surface area contributed by atoms with E-state index in [1.807, 2.05) is 13.8 Å². The van der Waals surface area contributed by atoms with Crippen LogP contribution < -0.4 is 0 Å². The average Bonchev–Trinajstić information content (AvgIpc) is 2.74. The highest BCUT2D eigenvalue weighted by molar-refractivity contribution is 5.81. The number of benzene rings is 2. The van der Waals surface area contributed by atoms with Crippen LogP contribution in [0.3, 0.4) is 0 Å². The third-order valence-electron chi connectivity index (χ3n) is 6.11. The van der Waals surface area contributed by atoms with Crippen molar-refractivity contribution in [3.63, 3.8) is 0 Å². The van der Waals surface area contributed by atoms with Gasteiger partial charge in [-0.2, -0.15) is 0 Å². The maximum Gasteiger partial charge on any atom is 0.106 e. The van der Waals surface area contributed by atoms with E-state index in [-0.39, 0.29) is 5.41 Å². The summed E-state index contributed by atoms with van der Waals surface area (Å²) in [7, 11) is 0. The summed E-state index contributed by atoms with van der Waals surface area (Å²) in [6.45, 7) is 14.7. The standard InChI is InChI=1S/C23H29F/c1-14(2)16-8-10-18-19-11-9-17(22(4,5)15(3)24)13-21(19)23(6,7)20(18)12-16/h8-15H,1-7H3. The first kappa shape index (κ1) is 17.2. The Kier molecular flexibility index (Phi) is 3.90. The van der Waals surface area contributed by atoms with E-state index in [0.29, 0.717) is 5.92 Å². The van der Waals surface area contributed by atoms with Crippen LogP contribution in [0.5, 0.6) is 0 Å². The van der Waals surface area contributed by atoms with Crippen LogP contribution in [0.2, 0.25) is 0 Å². The molecular formula is C23H29F. The predicted molar refractivity (Wildman–Crippen MR) is 102 cm³/mol. The number of alkyl halides is 1. The van der Waals surface area contributed by atoms with Gasteiger partial charge in [-0.1, -0.05) is 77.9 Å². The third-order valence-corrected chi connectivity index (χ3v) is 6.11. The summed E-state index contributed by atoms with van der Waals surface area (Å²) >= 11 is 0. The Morgan fingerprint density at radius 2 is 1.42 bits per heavy atom. The molecule has 0 saturated heterocycles. The van der Waals surface area contributed by atoms with Crippen LogP contribution in [-0.4, -0.2) is 6.17 Å². The van der Waals surface area contributed by atoms with Crippen LogP contribution in [0.25, 0.3) is 11.1 Å². The van der Waals surface area contributed by atoms with Crippen molar-refractivity contribution in [1.82, 2.24) is 0 Å². The molecule has 1 unspecified atom stereocenters. The van der Waals surface area contributed by atoms with Crippen molar-refractivity contribution in [3.05, 3.63) is 58.7 Å². The minimum atomic E-state index is -0.880. The molecule has 0 nitrogen and oxygen atoms in total. The molecule has 1 aliphatic rings. The molecule has 0 N–H and O–H groups in total. The first-order valence-corrected chi connectivity index (χ1v) is 9.00. The first-order chi connectivity index (χ1) is 11.1. The second-order valence-electron chi connectivity index (χ2n) is 8.68. The Balaban J connectivity index is 2.18. The fraction of sp³-hybridized carbons (Fsp3) is 0.478. The summed E-state index contributed by atoms with van der Waals surface area (Å²) in [6, 6.07) is 13.4. The quantitative estimate of drug-likeness (QED) is 0.585. The Bertz CT molecular complexity index is 779. The Morgan fingerprint density at radius 3 is 1.96 bits per heavy atom. The van der Waals surface area contributed by atoms with Crippen LogP contribution in [0.1, 0.15) is 76.6 Å². The molecule has 0 heterocycles. The molecule has 1 atom stereocenters. The van der Waals surface area contributed by atoms with Gasteiger partial charge in [-0.15, -0.1) is 0 Å². The minimum absolute atomic E-state index is 0.0405. The largest absolute Gasteiger partial charge is 0.247 e. The van der Waals surface area contributed by atoms with Gasteiger partial charge in [0.05, 0.1) is 0 Å². The van der Waals surface area contributed by atoms with Gasteiger partial charge < -0.3 is 0 Å². The van der Waals surface area contributed by atoms with Crippen molar-refractivity contribution in [1.29, 1.82) is 0 Å². The van der Waals surface area contributed by atoms with Gasteiger partial charge in [-0.3, -0.25) is 0 Å². The monoisotopic (exact) mass is 324 g/mol. The molecule has 1 aliphatic carbocycles. The van der Waals surface area contributed by atoms with Gasteiger partial charge in [-0.25, -0.2) is 4.39 Å². The molecule has 24 heavy (non-hydrogen) atoms. The van der Waals surface area contributed by atoms with E-state index in [2.05, 4.69) is 64.1 Å². The first-order valence-electron chi connectivity index (χ1n) is 9.00. The van der Waals surface area contributed by atoms with E-state index < -0.39 is 11.6 Å². The third kappa shape index (κ3) is 2.41. The lowest BCUT2D eigenvalue weighted by atomic mass is 9.76. The molecule has 0 bridgehead atoms. The van der Waals surface area contributed by atoms with E-state index in [1.54, 1.807) is 6.92 Å². The highest BCUT2D eigenvalue weighted by Crippen LogP contribution is 2.50. The van der Waals surface area contributed by atoms with Crippen LogP contribution in [0.4, 0.5) is 4.39 Å². The number of hydrogen-bond acceptors (Lipinski definition) is 0. The zero-order chi connectivity index (χ0) is 17.9. The Hall–Kier alpha value is -1.63. The second-order valence-corrected chi connectivity index (χ2v) is 8.68. The smallest absolute Gasteiger partial charge is 0.106 e.